The Bertz CT molecular complexity index is 1310. The van der Waals surface area contributed by atoms with E-state index in [9.17, 15) is 27.9 Å². The van der Waals surface area contributed by atoms with Gasteiger partial charge in [-0.05, 0) is 67.3 Å². The molecule has 0 saturated carbocycles. The van der Waals surface area contributed by atoms with Gasteiger partial charge < -0.3 is 9.84 Å². The zero-order chi connectivity index (χ0) is 24.8. The van der Waals surface area contributed by atoms with Crippen LogP contribution in [-0.2, 0) is 15.8 Å². The first-order chi connectivity index (χ1) is 16.0. The third-order valence-corrected chi connectivity index (χ3v) is 6.75. The van der Waals surface area contributed by atoms with Crippen molar-refractivity contribution in [3.63, 3.8) is 0 Å². The van der Waals surface area contributed by atoms with Crippen molar-refractivity contribution in [3.05, 3.63) is 86.6 Å². The molecule has 0 spiro atoms. The Morgan fingerprint density at radius 3 is 2.29 bits per heavy atom. The van der Waals surface area contributed by atoms with E-state index >= 15 is 0 Å². The molecular formula is C25H20F3NO4S. The average molecular weight is 487 g/mol. The summed E-state index contributed by atoms with van der Waals surface area (Å²) in [4.78, 5) is 28.1. The molecule has 1 unspecified atom stereocenters. The Hall–Kier alpha value is -3.59. The molecule has 0 radical (unpaired) electrons. The van der Waals surface area contributed by atoms with Crippen LogP contribution in [0.4, 0.5) is 18.9 Å². The minimum atomic E-state index is -4.54. The van der Waals surface area contributed by atoms with Gasteiger partial charge in [0.25, 0.3) is 11.7 Å². The number of thiophene rings is 1. The second-order valence-electron chi connectivity index (χ2n) is 7.89. The number of aliphatic hydroxyl groups is 1. The number of Topliss-reactive ketones (excluding diaryl/α,β-unsaturated/α-hetero) is 1. The quantitative estimate of drug-likeness (QED) is 0.278. The first-order valence-corrected chi connectivity index (χ1v) is 11.1. The third kappa shape index (κ3) is 3.96. The van der Waals surface area contributed by atoms with Crippen LogP contribution in [0.3, 0.4) is 0 Å². The maximum atomic E-state index is 13.2. The number of methoxy groups -OCH3 is 1. The number of hydrogen-bond acceptors (Lipinski definition) is 5. The number of ether oxygens (including phenoxy) is 1. The number of halogens is 3. The molecule has 3 aromatic rings. The number of ketones is 1. The van der Waals surface area contributed by atoms with Crippen LogP contribution in [0.15, 0.2) is 59.5 Å². The van der Waals surface area contributed by atoms with Crippen LogP contribution < -0.4 is 9.64 Å². The van der Waals surface area contributed by atoms with Gasteiger partial charge in [0.2, 0.25) is 0 Å². The van der Waals surface area contributed by atoms with Crippen LogP contribution in [0.1, 0.15) is 33.2 Å². The van der Waals surface area contributed by atoms with E-state index in [1.165, 1.54) is 18.4 Å². The standard InChI is InChI=1S/C25H20F3NO4S/c1-13-4-9-18(33-3)17(12-13)21(30)19-20(23-14(2)10-11-34-23)29(24(32)22(19)31)16-7-5-15(6-8-16)25(26,27)28/h4-12,20,30H,1-3H3/b21-19-. The van der Waals surface area contributed by atoms with Crippen molar-refractivity contribution in [2.75, 3.05) is 12.0 Å². The topological polar surface area (TPSA) is 66.8 Å². The Morgan fingerprint density at radius 2 is 1.74 bits per heavy atom. The number of amides is 1. The maximum absolute atomic E-state index is 13.2. The van der Waals surface area contributed by atoms with Gasteiger partial charge >= 0.3 is 6.18 Å². The van der Waals surface area contributed by atoms with Gasteiger partial charge in [0.1, 0.15) is 17.6 Å². The number of nitrogens with zero attached hydrogens (tertiary/aromatic N) is 1. The molecule has 9 heteroatoms. The molecule has 1 aliphatic heterocycles. The zero-order valence-corrected chi connectivity index (χ0v) is 19.3. The van der Waals surface area contributed by atoms with Gasteiger partial charge in [-0.15, -0.1) is 11.3 Å². The van der Waals surface area contributed by atoms with E-state index < -0.39 is 35.2 Å². The fraction of sp³-hybridized carbons (Fsp3) is 0.200. The number of hydrogen-bond donors (Lipinski definition) is 1. The summed E-state index contributed by atoms with van der Waals surface area (Å²) in [6.45, 7) is 3.60. The molecule has 2 heterocycles. The summed E-state index contributed by atoms with van der Waals surface area (Å²) < 4.78 is 44.5. The zero-order valence-electron chi connectivity index (χ0n) is 18.4. The molecule has 4 rings (SSSR count). The van der Waals surface area contributed by atoms with Crippen LogP contribution in [0.2, 0.25) is 0 Å². The normalized spacial score (nSPS) is 17.9. The first kappa shape index (κ1) is 23.6. The lowest BCUT2D eigenvalue weighted by molar-refractivity contribution is -0.137. The Labute approximate surface area is 197 Å². The molecule has 1 aliphatic rings. The average Bonchev–Trinajstić information content (AvgIpc) is 3.33. The van der Waals surface area contributed by atoms with Crippen LogP contribution in [0.25, 0.3) is 5.76 Å². The SMILES string of the molecule is COc1ccc(C)cc1/C(O)=C1/C(=O)C(=O)N(c2ccc(C(F)(F)F)cc2)C1c1sccc1C. The number of anilines is 1. The summed E-state index contributed by atoms with van der Waals surface area (Å²) in [5, 5.41) is 13.1. The molecule has 1 amide bonds. The number of carbonyl (C=O) groups is 2. The monoisotopic (exact) mass is 487 g/mol. The number of aliphatic hydroxyl groups excluding tert-OH is 1. The molecule has 1 saturated heterocycles. The minimum absolute atomic E-state index is 0.114. The lowest BCUT2D eigenvalue weighted by Gasteiger charge is -2.25. The van der Waals surface area contributed by atoms with Crippen molar-refractivity contribution in [1.82, 2.24) is 0 Å². The largest absolute Gasteiger partial charge is 0.507 e. The van der Waals surface area contributed by atoms with Crippen molar-refractivity contribution >= 4 is 34.5 Å². The number of alkyl halides is 3. The van der Waals surface area contributed by atoms with Crippen molar-refractivity contribution < 1.29 is 32.6 Å². The lowest BCUT2D eigenvalue weighted by atomic mass is 9.97. The van der Waals surface area contributed by atoms with Gasteiger partial charge in [0.05, 0.1) is 23.8 Å². The summed E-state index contributed by atoms with van der Waals surface area (Å²) in [6.07, 6.45) is -4.54. The van der Waals surface area contributed by atoms with Crippen LogP contribution >= 0.6 is 11.3 Å². The van der Waals surface area contributed by atoms with E-state index in [-0.39, 0.29) is 16.8 Å². The third-order valence-electron chi connectivity index (χ3n) is 5.68. The minimum Gasteiger partial charge on any atom is -0.507 e. The van der Waals surface area contributed by atoms with Gasteiger partial charge in [-0.1, -0.05) is 11.6 Å². The van der Waals surface area contributed by atoms with E-state index in [1.54, 1.807) is 43.5 Å². The molecule has 1 aromatic heterocycles. The van der Waals surface area contributed by atoms with E-state index in [4.69, 9.17) is 4.74 Å². The Kier molecular flexibility index (Phi) is 5.99. The highest BCUT2D eigenvalue weighted by molar-refractivity contribution is 7.10. The molecule has 34 heavy (non-hydrogen) atoms. The fourth-order valence-corrected chi connectivity index (χ4v) is 5.00. The second kappa shape index (κ2) is 8.64. The predicted octanol–water partition coefficient (Wildman–Crippen LogP) is 6.02. The molecule has 2 aromatic carbocycles. The molecule has 1 atom stereocenters. The number of aryl methyl sites for hydroxylation is 2. The summed E-state index contributed by atoms with van der Waals surface area (Å²) in [7, 11) is 1.42. The van der Waals surface area contributed by atoms with Crippen molar-refractivity contribution in [2.24, 2.45) is 0 Å². The smallest absolute Gasteiger partial charge is 0.416 e. The van der Waals surface area contributed by atoms with Crippen LogP contribution in [0.5, 0.6) is 5.75 Å². The van der Waals surface area contributed by atoms with Gasteiger partial charge in [0.15, 0.2) is 0 Å². The maximum Gasteiger partial charge on any atom is 0.416 e. The van der Waals surface area contributed by atoms with E-state index in [0.29, 0.717) is 10.6 Å². The van der Waals surface area contributed by atoms with Crippen molar-refractivity contribution in [2.45, 2.75) is 26.1 Å². The van der Waals surface area contributed by atoms with Crippen molar-refractivity contribution in [1.29, 1.82) is 0 Å². The molecule has 1 N–H and O–H groups in total. The van der Waals surface area contributed by atoms with Crippen molar-refractivity contribution in [3.8, 4) is 5.75 Å². The van der Waals surface area contributed by atoms with E-state index in [0.717, 1.165) is 40.3 Å². The predicted molar refractivity (Wildman–Crippen MR) is 123 cm³/mol. The highest BCUT2D eigenvalue weighted by atomic mass is 32.1. The Balaban J connectivity index is 1.94. The number of rotatable bonds is 4. The van der Waals surface area contributed by atoms with Gasteiger partial charge in [-0.3, -0.25) is 14.5 Å². The molecular weight excluding hydrogens is 467 g/mol. The summed E-state index contributed by atoms with van der Waals surface area (Å²) in [5.41, 5.74) is 0.898. The number of benzene rings is 2. The molecule has 5 nitrogen and oxygen atoms in total. The second-order valence-corrected chi connectivity index (χ2v) is 8.83. The van der Waals surface area contributed by atoms with Crippen LogP contribution in [-0.4, -0.2) is 23.9 Å². The first-order valence-electron chi connectivity index (χ1n) is 10.2. The molecule has 176 valence electrons. The summed E-state index contributed by atoms with van der Waals surface area (Å²) in [6, 6.07) is 9.86. The van der Waals surface area contributed by atoms with E-state index in [2.05, 4.69) is 0 Å². The summed E-state index contributed by atoms with van der Waals surface area (Å²) in [5.74, 6) is -1.97. The highest BCUT2D eigenvalue weighted by Gasteiger charge is 2.48. The Morgan fingerprint density at radius 1 is 1.06 bits per heavy atom. The fourth-order valence-electron chi connectivity index (χ4n) is 3.97. The summed E-state index contributed by atoms with van der Waals surface area (Å²) >= 11 is 1.28. The molecule has 0 aliphatic carbocycles. The van der Waals surface area contributed by atoms with Gasteiger partial charge in [-0.2, -0.15) is 13.2 Å². The lowest BCUT2D eigenvalue weighted by Crippen LogP contribution is -2.29. The van der Waals surface area contributed by atoms with Gasteiger partial charge in [0, 0.05) is 10.6 Å². The molecule has 0 bridgehead atoms. The highest BCUT2D eigenvalue weighted by Crippen LogP contribution is 2.46. The van der Waals surface area contributed by atoms with Crippen LogP contribution in [0, 0.1) is 13.8 Å². The van der Waals surface area contributed by atoms with E-state index in [1.807, 2.05) is 0 Å². The molecule has 1 fully saturated rings. The number of carbonyl (C=O) groups excluding carboxylic acids is 2. The van der Waals surface area contributed by atoms with Gasteiger partial charge in [-0.25, -0.2) is 0 Å².